The Morgan fingerprint density at radius 2 is 2.04 bits per heavy atom. The lowest BCUT2D eigenvalue weighted by molar-refractivity contribution is 0.0765. The Balaban J connectivity index is 1.78. The summed E-state index contributed by atoms with van der Waals surface area (Å²) in [5.41, 5.74) is 5.13. The van der Waals surface area contributed by atoms with Gasteiger partial charge in [0.2, 0.25) is 0 Å². The van der Waals surface area contributed by atoms with Crippen molar-refractivity contribution >= 4 is 56.9 Å². The van der Waals surface area contributed by atoms with Gasteiger partial charge < -0.3 is 15.8 Å². The number of rotatable bonds is 6. The highest BCUT2D eigenvalue weighted by atomic mass is 35.5. The number of carbonyl (C=O) groups excluding carboxylic acids is 2. The molecule has 1 aliphatic rings. The second kappa shape index (κ2) is 9.07. The van der Waals surface area contributed by atoms with Crippen molar-refractivity contribution in [3.63, 3.8) is 0 Å². The van der Waals surface area contributed by atoms with E-state index in [0.29, 0.717) is 26.3 Å². The molecular weight excluding hydrogens is 431 g/mol. The third-order valence-corrected chi connectivity index (χ3v) is 6.06. The monoisotopic (exact) mass is 446 g/mol. The number of morpholine rings is 1. The van der Waals surface area contributed by atoms with E-state index in [-0.39, 0.29) is 26.2 Å². The number of thiophene rings is 1. The molecule has 1 aromatic heterocycles. The Bertz CT molecular complexity index is 892. The van der Waals surface area contributed by atoms with Gasteiger partial charge in [0.1, 0.15) is 15.8 Å². The van der Waals surface area contributed by atoms with Crippen molar-refractivity contribution in [2.75, 3.05) is 36.1 Å². The SMILES string of the molecule is NC(=O)c1cc(N(O)SN2CCOCC2)sc1NC(=O)c1ccc(Cl)cc1F. The van der Waals surface area contributed by atoms with Gasteiger partial charge >= 0.3 is 0 Å². The maximum absolute atomic E-state index is 14.0. The zero-order valence-corrected chi connectivity index (χ0v) is 16.7. The summed E-state index contributed by atoms with van der Waals surface area (Å²) in [5, 5.41) is 13.3. The van der Waals surface area contributed by atoms with Crippen LogP contribution in [0.4, 0.5) is 14.4 Å². The first-order chi connectivity index (χ1) is 13.3. The first-order valence-electron chi connectivity index (χ1n) is 8.05. The Morgan fingerprint density at radius 1 is 1.32 bits per heavy atom. The van der Waals surface area contributed by atoms with E-state index in [2.05, 4.69) is 5.32 Å². The summed E-state index contributed by atoms with van der Waals surface area (Å²) in [5.74, 6) is -2.36. The average molecular weight is 447 g/mol. The van der Waals surface area contributed by atoms with E-state index in [0.717, 1.165) is 34.0 Å². The number of halogens is 2. The van der Waals surface area contributed by atoms with E-state index in [1.807, 2.05) is 4.31 Å². The fourth-order valence-electron chi connectivity index (χ4n) is 2.37. The standard InChI is InChI=1S/C16H16ClFN4O4S2/c17-9-1-2-10(12(18)7-9)15(24)20-16-11(14(19)23)8-13(27-16)22(25)28-21-3-5-26-6-4-21/h1-2,7-8,25H,3-6H2,(H2,19,23)(H,20,24). The summed E-state index contributed by atoms with van der Waals surface area (Å²) in [7, 11) is 0. The quantitative estimate of drug-likeness (QED) is 0.462. The Hall–Kier alpha value is -1.89. The molecule has 1 saturated heterocycles. The molecule has 1 fully saturated rings. The maximum Gasteiger partial charge on any atom is 0.259 e. The Morgan fingerprint density at radius 3 is 2.68 bits per heavy atom. The van der Waals surface area contributed by atoms with Gasteiger partial charge in [0.05, 0.1) is 36.5 Å². The van der Waals surface area contributed by atoms with Crippen LogP contribution in [0.25, 0.3) is 0 Å². The first kappa shape index (κ1) is 20.8. The van der Waals surface area contributed by atoms with Crippen LogP contribution in [0.5, 0.6) is 0 Å². The predicted molar refractivity (Wildman–Crippen MR) is 106 cm³/mol. The number of nitrogens with zero attached hydrogens (tertiary/aromatic N) is 2. The number of nitrogens with two attached hydrogens (primary N) is 1. The molecule has 0 aliphatic carbocycles. The lowest BCUT2D eigenvalue weighted by Gasteiger charge is -2.27. The van der Waals surface area contributed by atoms with Gasteiger partial charge in [-0.05, 0) is 24.3 Å². The van der Waals surface area contributed by atoms with Crippen LogP contribution in [0.1, 0.15) is 20.7 Å². The number of carbonyl (C=O) groups is 2. The van der Waals surface area contributed by atoms with Crippen LogP contribution in [-0.2, 0) is 4.74 Å². The molecule has 3 rings (SSSR count). The van der Waals surface area contributed by atoms with Crippen LogP contribution >= 0.6 is 35.1 Å². The zero-order valence-electron chi connectivity index (χ0n) is 14.4. The second-order valence-electron chi connectivity index (χ2n) is 5.67. The Labute approximate surface area is 173 Å². The number of benzene rings is 1. The molecule has 1 aromatic carbocycles. The van der Waals surface area contributed by atoms with Crippen molar-refractivity contribution in [3.05, 3.63) is 46.2 Å². The lowest BCUT2D eigenvalue weighted by Crippen LogP contribution is -2.33. The molecule has 12 heteroatoms. The first-order valence-corrected chi connectivity index (χ1v) is 9.97. The van der Waals surface area contributed by atoms with Gasteiger partial charge in [-0.2, -0.15) is 4.47 Å². The van der Waals surface area contributed by atoms with Crippen LogP contribution in [-0.4, -0.2) is 47.6 Å². The van der Waals surface area contributed by atoms with Crippen LogP contribution in [0.3, 0.4) is 0 Å². The van der Waals surface area contributed by atoms with Gasteiger partial charge in [-0.1, -0.05) is 22.9 Å². The minimum Gasteiger partial charge on any atom is -0.379 e. The third-order valence-electron chi connectivity index (χ3n) is 3.74. The number of hydrogen-bond donors (Lipinski definition) is 3. The van der Waals surface area contributed by atoms with Crippen LogP contribution < -0.4 is 15.5 Å². The number of anilines is 2. The lowest BCUT2D eigenvalue weighted by atomic mass is 10.2. The maximum atomic E-state index is 14.0. The second-order valence-corrected chi connectivity index (χ2v) is 8.16. The van der Waals surface area contributed by atoms with Gasteiger partial charge in [0.25, 0.3) is 11.8 Å². The van der Waals surface area contributed by atoms with Crippen molar-refractivity contribution in [3.8, 4) is 0 Å². The molecule has 2 amide bonds. The van der Waals surface area contributed by atoms with Gasteiger partial charge in [0, 0.05) is 18.1 Å². The molecule has 1 aliphatic heterocycles. The molecule has 0 unspecified atom stereocenters. The highest BCUT2D eigenvalue weighted by Gasteiger charge is 2.23. The molecule has 2 heterocycles. The third kappa shape index (κ3) is 4.93. The predicted octanol–water partition coefficient (Wildman–Crippen LogP) is 2.98. The van der Waals surface area contributed by atoms with E-state index in [1.54, 1.807) is 0 Å². The van der Waals surface area contributed by atoms with E-state index < -0.39 is 17.6 Å². The van der Waals surface area contributed by atoms with E-state index in [9.17, 15) is 19.2 Å². The van der Waals surface area contributed by atoms with Gasteiger partial charge in [-0.15, -0.1) is 0 Å². The minimum atomic E-state index is -0.797. The molecule has 28 heavy (non-hydrogen) atoms. The van der Waals surface area contributed by atoms with Gasteiger partial charge in [-0.3, -0.25) is 14.8 Å². The van der Waals surface area contributed by atoms with E-state index >= 15 is 0 Å². The summed E-state index contributed by atoms with van der Waals surface area (Å²) in [6.07, 6.45) is 0. The van der Waals surface area contributed by atoms with Crippen molar-refractivity contribution in [1.29, 1.82) is 0 Å². The number of amides is 2. The molecular formula is C16H16ClFN4O4S2. The fraction of sp³-hybridized carbons (Fsp3) is 0.250. The average Bonchev–Trinajstić information content (AvgIpc) is 3.06. The number of ether oxygens (including phenoxy) is 1. The summed E-state index contributed by atoms with van der Waals surface area (Å²) in [4.78, 5) is 24.1. The molecule has 4 N–H and O–H groups in total. The molecule has 0 spiro atoms. The molecule has 8 nitrogen and oxygen atoms in total. The molecule has 0 atom stereocenters. The van der Waals surface area contributed by atoms with Crippen molar-refractivity contribution in [2.24, 2.45) is 5.73 Å². The van der Waals surface area contributed by atoms with E-state index in [1.165, 1.54) is 18.2 Å². The van der Waals surface area contributed by atoms with Crippen molar-refractivity contribution in [1.82, 2.24) is 4.31 Å². The highest BCUT2D eigenvalue weighted by Crippen LogP contribution is 2.37. The molecule has 2 aromatic rings. The number of primary amides is 1. The summed E-state index contributed by atoms with van der Waals surface area (Å²) >= 11 is 7.66. The van der Waals surface area contributed by atoms with Crippen molar-refractivity contribution < 1.29 is 23.9 Å². The Kier molecular flexibility index (Phi) is 6.75. The molecule has 0 saturated carbocycles. The van der Waals surface area contributed by atoms with Crippen LogP contribution in [0.2, 0.25) is 5.02 Å². The van der Waals surface area contributed by atoms with Crippen molar-refractivity contribution in [2.45, 2.75) is 0 Å². The highest BCUT2D eigenvalue weighted by molar-refractivity contribution is 7.98. The summed E-state index contributed by atoms with van der Waals surface area (Å²) in [6, 6.07) is 4.98. The minimum absolute atomic E-state index is 0.00403. The number of nitrogens with one attached hydrogen (secondary N) is 1. The molecule has 0 radical (unpaired) electrons. The van der Waals surface area contributed by atoms with Crippen LogP contribution in [0, 0.1) is 5.82 Å². The molecule has 150 valence electrons. The molecule has 0 bridgehead atoms. The fourth-order valence-corrected chi connectivity index (χ4v) is 4.28. The van der Waals surface area contributed by atoms with Gasteiger partial charge in [0.15, 0.2) is 0 Å². The van der Waals surface area contributed by atoms with Crippen LogP contribution in [0.15, 0.2) is 24.3 Å². The zero-order chi connectivity index (χ0) is 20.3. The normalized spacial score (nSPS) is 14.7. The van der Waals surface area contributed by atoms with E-state index in [4.69, 9.17) is 22.1 Å². The van der Waals surface area contributed by atoms with Gasteiger partial charge in [-0.25, -0.2) is 8.70 Å². The smallest absolute Gasteiger partial charge is 0.259 e. The summed E-state index contributed by atoms with van der Waals surface area (Å²) in [6.45, 7) is 2.34. The largest absolute Gasteiger partial charge is 0.379 e. The topological polar surface area (TPSA) is 108 Å². The number of hydrogen-bond acceptors (Lipinski definition) is 8. The summed E-state index contributed by atoms with van der Waals surface area (Å²) < 4.78 is 22.0.